The van der Waals surface area contributed by atoms with Gasteiger partial charge in [0.15, 0.2) is 0 Å². The molecular weight excluding hydrogens is 336 g/mol. The number of aryl methyl sites for hydroxylation is 1. The van der Waals surface area contributed by atoms with E-state index >= 15 is 0 Å². The summed E-state index contributed by atoms with van der Waals surface area (Å²) in [4.78, 5) is 25.8. The van der Waals surface area contributed by atoms with Gasteiger partial charge in [-0.15, -0.1) is 0 Å². The van der Waals surface area contributed by atoms with Gasteiger partial charge in [0, 0.05) is 19.6 Å². The van der Waals surface area contributed by atoms with Gasteiger partial charge in [-0.1, -0.05) is 13.3 Å². The van der Waals surface area contributed by atoms with Gasteiger partial charge in [0.2, 0.25) is 5.91 Å². The fourth-order valence-corrected chi connectivity index (χ4v) is 2.36. The lowest BCUT2D eigenvalue weighted by Gasteiger charge is -2.19. The number of nitrogens with zero attached hydrogens (tertiary/aromatic N) is 3. The van der Waals surface area contributed by atoms with Crippen molar-refractivity contribution in [2.45, 2.75) is 40.2 Å². The molecule has 0 saturated heterocycles. The topological polar surface area (TPSA) is 67.2 Å². The Morgan fingerprint density at radius 1 is 1.38 bits per heavy atom. The molecule has 0 atom stereocenters. The lowest BCUT2D eigenvalue weighted by molar-refractivity contribution is -0.128. The summed E-state index contributed by atoms with van der Waals surface area (Å²) in [6.45, 7) is 8.05. The summed E-state index contributed by atoms with van der Waals surface area (Å²) >= 11 is 3.28. The molecule has 0 aliphatic heterocycles. The molecule has 7 heteroatoms. The van der Waals surface area contributed by atoms with Gasteiger partial charge in [0.25, 0.3) is 5.56 Å². The normalized spacial score (nSPS) is 10.5. The average molecular weight is 359 g/mol. The van der Waals surface area contributed by atoms with Crippen LogP contribution in [0.5, 0.6) is 0 Å². The SMILES string of the molecule is CCCCn1ncc(NCC(=O)N(CC)CC)c(Br)c1=O. The van der Waals surface area contributed by atoms with Gasteiger partial charge in [-0.25, -0.2) is 4.68 Å². The summed E-state index contributed by atoms with van der Waals surface area (Å²) in [6, 6.07) is 0. The van der Waals surface area contributed by atoms with E-state index in [2.05, 4.69) is 33.3 Å². The first kappa shape index (κ1) is 17.7. The molecule has 6 nitrogen and oxygen atoms in total. The molecule has 0 bridgehead atoms. The van der Waals surface area contributed by atoms with Crippen LogP contribution in [0.3, 0.4) is 0 Å². The van der Waals surface area contributed by atoms with Gasteiger partial charge in [-0.05, 0) is 36.2 Å². The fraction of sp³-hybridized carbons (Fsp3) is 0.643. The number of carbonyl (C=O) groups is 1. The Balaban J connectivity index is 2.75. The van der Waals surface area contributed by atoms with Crippen LogP contribution >= 0.6 is 15.9 Å². The molecule has 1 N–H and O–H groups in total. The van der Waals surface area contributed by atoms with E-state index in [0.717, 1.165) is 12.8 Å². The fourth-order valence-electron chi connectivity index (χ4n) is 1.91. The van der Waals surface area contributed by atoms with Crippen LogP contribution in [-0.2, 0) is 11.3 Å². The molecule has 0 spiro atoms. The molecule has 0 aromatic carbocycles. The van der Waals surface area contributed by atoms with Crippen molar-refractivity contribution in [1.82, 2.24) is 14.7 Å². The molecule has 0 fully saturated rings. The number of anilines is 1. The maximum atomic E-state index is 12.1. The Bertz CT molecular complexity index is 526. The van der Waals surface area contributed by atoms with E-state index in [1.165, 1.54) is 4.68 Å². The zero-order valence-electron chi connectivity index (χ0n) is 12.9. The summed E-state index contributed by atoms with van der Waals surface area (Å²) in [7, 11) is 0. The first-order chi connectivity index (χ1) is 10.0. The number of halogens is 1. The van der Waals surface area contributed by atoms with Crippen LogP contribution in [0.2, 0.25) is 0 Å². The van der Waals surface area contributed by atoms with E-state index in [9.17, 15) is 9.59 Å². The van der Waals surface area contributed by atoms with Crippen LogP contribution in [-0.4, -0.2) is 40.2 Å². The van der Waals surface area contributed by atoms with Crippen molar-refractivity contribution in [3.8, 4) is 0 Å². The van der Waals surface area contributed by atoms with Crippen molar-refractivity contribution < 1.29 is 4.79 Å². The highest BCUT2D eigenvalue weighted by atomic mass is 79.9. The average Bonchev–Trinajstić information content (AvgIpc) is 2.49. The molecule has 0 aliphatic rings. The minimum atomic E-state index is -0.177. The third kappa shape index (κ3) is 4.84. The zero-order chi connectivity index (χ0) is 15.8. The Morgan fingerprint density at radius 3 is 2.62 bits per heavy atom. The summed E-state index contributed by atoms with van der Waals surface area (Å²) in [6.07, 6.45) is 3.49. The van der Waals surface area contributed by atoms with E-state index in [0.29, 0.717) is 29.8 Å². The van der Waals surface area contributed by atoms with Crippen LogP contribution in [0.4, 0.5) is 5.69 Å². The van der Waals surface area contributed by atoms with E-state index < -0.39 is 0 Å². The first-order valence-electron chi connectivity index (χ1n) is 7.32. The maximum Gasteiger partial charge on any atom is 0.283 e. The predicted octanol–water partition coefficient (Wildman–Crippen LogP) is 2.09. The summed E-state index contributed by atoms with van der Waals surface area (Å²) < 4.78 is 1.85. The molecule has 21 heavy (non-hydrogen) atoms. The second kappa shape index (κ2) is 8.81. The van der Waals surface area contributed by atoms with E-state index in [1.807, 2.05) is 13.8 Å². The largest absolute Gasteiger partial charge is 0.374 e. The first-order valence-corrected chi connectivity index (χ1v) is 8.11. The smallest absolute Gasteiger partial charge is 0.283 e. The predicted molar refractivity (Wildman–Crippen MR) is 87.5 cm³/mol. The highest BCUT2D eigenvalue weighted by molar-refractivity contribution is 9.10. The Morgan fingerprint density at radius 2 is 2.05 bits per heavy atom. The van der Waals surface area contributed by atoms with Gasteiger partial charge in [0.05, 0.1) is 18.4 Å². The molecule has 1 heterocycles. The van der Waals surface area contributed by atoms with Crippen LogP contribution in [0, 0.1) is 0 Å². The molecule has 1 amide bonds. The van der Waals surface area contributed by atoms with Crippen molar-refractivity contribution >= 4 is 27.5 Å². The molecule has 1 rings (SSSR count). The van der Waals surface area contributed by atoms with Crippen LogP contribution in [0.1, 0.15) is 33.6 Å². The zero-order valence-corrected chi connectivity index (χ0v) is 14.4. The van der Waals surface area contributed by atoms with Crippen molar-refractivity contribution in [1.29, 1.82) is 0 Å². The number of carbonyl (C=O) groups excluding carboxylic acids is 1. The number of likely N-dealkylation sites (N-methyl/N-ethyl adjacent to an activating group) is 1. The van der Waals surface area contributed by atoms with Gasteiger partial charge < -0.3 is 10.2 Å². The van der Waals surface area contributed by atoms with Crippen LogP contribution < -0.4 is 10.9 Å². The quantitative estimate of drug-likeness (QED) is 0.772. The molecule has 0 aliphatic carbocycles. The highest BCUT2D eigenvalue weighted by Crippen LogP contribution is 2.16. The lowest BCUT2D eigenvalue weighted by Crippen LogP contribution is -2.35. The van der Waals surface area contributed by atoms with Gasteiger partial charge >= 0.3 is 0 Å². The third-order valence-electron chi connectivity index (χ3n) is 3.25. The Kier molecular flexibility index (Phi) is 7.42. The molecule has 1 aromatic rings. The molecular formula is C14H23BrN4O2. The molecule has 118 valence electrons. The standard InChI is InChI=1S/C14H23BrN4O2/c1-4-7-8-19-14(21)13(15)11(9-17-19)16-10-12(20)18(5-2)6-3/h9,16H,4-8,10H2,1-3H3. The second-order valence-corrected chi connectivity index (χ2v) is 5.47. The number of rotatable bonds is 8. The molecule has 0 saturated carbocycles. The number of aromatic nitrogens is 2. The summed E-state index contributed by atoms with van der Waals surface area (Å²) in [5, 5.41) is 7.10. The Hall–Kier alpha value is -1.37. The van der Waals surface area contributed by atoms with Crippen LogP contribution in [0.25, 0.3) is 0 Å². The van der Waals surface area contributed by atoms with E-state index in [4.69, 9.17) is 0 Å². The molecule has 0 radical (unpaired) electrons. The van der Waals surface area contributed by atoms with E-state index in [-0.39, 0.29) is 18.0 Å². The number of hydrogen-bond donors (Lipinski definition) is 1. The number of hydrogen-bond acceptors (Lipinski definition) is 4. The van der Waals surface area contributed by atoms with Gasteiger partial charge in [0.1, 0.15) is 4.47 Å². The monoisotopic (exact) mass is 358 g/mol. The highest BCUT2D eigenvalue weighted by Gasteiger charge is 2.12. The molecule has 0 unspecified atom stereocenters. The number of nitrogens with one attached hydrogen (secondary N) is 1. The van der Waals surface area contributed by atoms with Crippen molar-refractivity contribution in [3.05, 3.63) is 21.0 Å². The minimum Gasteiger partial charge on any atom is -0.374 e. The van der Waals surface area contributed by atoms with Crippen molar-refractivity contribution in [3.63, 3.8) is 0 Å². The number of unbranched alkanes of at least 4 members (excludes halogenated alkanes) is 1. The summed E-state index contributed by atoms with van der Waals surface area (Å²) in [5.41, 5.74) is 0.372. The second-order valence-electron chi connectivity index (χ2n) is 4.67. The Labute approximate surface area is 133 Å². The van der Waals surface area contributed by atoms with Gasteiger partial charge in [-0.2, -0.15) is 5.10 Å². The summed E-state index contributed by atoms with van der Waals surface area (Å²) in [5.74, 6) is 0.00191. The van der Waals surface area contributed by atoms with E-state index in [1.54, 1.807) is 11.1 Å². The van der Waals surface area contributed by atoms with Crippen molar-refractivity contribution in [2.75, 3.05) is 25.0 Å². The maximum absolute atomic E-state index is 12.1. The third-order valence-corrected chi connectivity index (χ3v) is 4.02. The van der Waals surface area contributed by atoms with Gasteiger partial charge in [-0.3, -0.25) is 9.59 Å². The lowest BCUT2D eigenvalue weighted by atomic mass is 10.3. The van der Waals surface area contributed by atoms with Crippen LogP contribution in [0.15, 0.2) is 15.5 Å². The molecule has 1 aromatic heterocycles. The number of amides is 1. The minimum absolute atomic E-state index is 0.00191. The van der Waals surface area contributed by atoms with Crippen molar-refractivity contribution in [2.24, 2.45) is 0 Å².